The zero-order valence-corrected chi connectivity index (χ0v) is 29.6. The van der Waals surface area contributed by atoms with Crippen LogP contribution in [0, 0.1) is 22.7 Å². The van der Waals surface area contributed by atoms with E-state index in [1.54, 1.807) is 0 Å². The van der Waals surface area contributed by atoms with Crippen LogP contribution in [0.2, 0.25) is 0 Å². The van der Waals surface area contributed by atoms with E-state index in [1.807, 2.05) is 107 Å². The summed E-state index contributed by atoms with van der Waals surface area (Å²) in [6, 6.07) is 36.3. The summed E-state index contributed by atoms with van der Waals surface area (Å²) in [6.07, 6.45) is 0. The molecule has 44 heavy (non-hydrogen) atoms. The molecule has 4 aromatic carbocycles. The van der Waals surface area contributed by atoms with Crippen LogP contribution in [0.15, 0.2) is 115 Å². The highest BCUT2D eigenvalue weighted by Crippen LogP contribution is 2.32. The Hall–Kier alpha value is -3.54. The summed E-state index contributed by atoms with van der Waals surface area (Å²) in [7, 11) is 0. The summed E-state index contributed by atoms with van der Waals surface area (Å²) in [5, 5.41) is 20.9. The third kappa shape index (κ3) is 7.57. The van der Waals surface area contributed by atoms with E-state index in [0.717, 1.165) is 40.1 Å². The number of aromatic nitrogens is 2. The minimum Gasteiger partial charge on any atom is -0.345 e. The number of anilines is 2. The second-order valence-electron chi connectivity index (χ2n) is 9.87. The number of halogens is 4. The van der Waals surface area contributed by atoms with Crippen LogP contribution < -0.4 is 9.80 Å². The van der Waals surface area contributed by atoms with Gasteiger partial charge in [-0.25, -0.2) is 9.97 Å². The lowest BCUT2D eigenvalue weighted by Crippen LogP contribution is -2.28. The minimum absolute atomic E-state index is 0.141. The maximum absolute atomic E-state index is 10.4. The van der Waals surface area contributed by atoms with Gasteiger partial charge >= 0.3 is 0 Å². The SMILES string of the molecule is N#Cc1nc(N(Cc2ccccc2Br)Cc2ccccc2Br)c(C#N)nc1N(Cc1ccccc1Br)Cc1ccccc1Br. The zero-order valence-electron chi connectivity index (χ0n) is 23.3. The first kappa shape index (κ1) is 31.9. The lowest BCUT2D eigenvalue weighted by atomic mass is 10.1. The number of nitrogens with zero attached hydrogens (tertiary/aromatic N) is 6. The predicted molar refractivity (Wildman–Crippen MR) is 188 cm³/mol. The van der Waals surface area contributed by atoms with Gasteiger partial charge in [-0.2, -0.15) is 10.5 Å². The van der Waals surface area contributed by atoms with Crippen LogP contribution in [0.5, 0.6) is 0 Å². The van der Waals surface area contributed by atoms with Crippen molar-refractivity contribution in [3.8, 4) is 12.1 Å². The Bertz CT molecular complexity index is 1650. The van der Waals surface area contributed by atoms with Gasteiger partial charge in [0.1, 0.15) is 12.1 Å². The van der Waals surface area contributed by atoms with Crippen LogP contribution >= 0.6 is 63.7 Å². The van der Waals surface area contributed by atoms with E-state index in [0.29, 0.717) is 37.8 Å². The van der Waals surface area contributed by atoms with Gasteiger partial charge in [-0.15, -0.1) is 0 Å². The molecule has 0 radical (unpaired) electrons. The van der Waals surface area contributed by atoms with Gasteiger partial charge < -0.3 is 9.80 Å². The van der Waals surface area contributed by atoms with E-state index < -0.39 is 0 Å². The number of nitriles is 2. The van der Waals surface area contributed by atoms with Crippen molar-refractivity contribution in [2.45, 2.75) is 26.2 Å². The molecular weight excluding hydrogens is 812 g/mol. The Morgan fingerprint density at radius 2 is 0.705 bits per heavy atom. The molecule has 0 aliphatic heterocycles. The Morgan fingerprint density at radius 1 is 0.455 bits per heavy atom. The van der Waals surface area contributed by atoms with Crippen molar-refractivity contribution < 1.29 is 0 Å². The normalized spacial score (nSPS) is 10.6. The lowest BCUT2D eigenvalue weighted by molar-refractivity contribution is 0.750. The molecule has 0 unspecified atom stereocenters. The number of rotatable bonds is 10. The van der Waals surface area contributed by atoms with Crippen molar-refractivity contribution in [1.82, 2.24) is 9.97 Å². The quantitative estimate of drug-likeness (QED) is 0.140. The maximum atomic E-state index is 10.4. The van der Waals surface area contributed by atoms with Crippen molar-refractivity contribution in [3.63, 3.8) is 0 Å². The average molecular weight is 836 g/mol. The fraction of sp³-hybridized carbons (Fsp3) is 0.118. The van der Waals surface area contributed by atoms with E-state index in [-0.39, 0.29) is 11.4 Å². The van der Waals surface area contributed by atoms with Gasteiger partial charge in [0, 0.05) is 44.1 Å². The molecule has 0 N–H and O–H groups in total. The fourth-order valence-corrected chi connectivity index (χ4v) is 6.39. The molecule has 5 rings (SSSR count). The standard InChI is InChI=1S/C34H24Br4N6/c35-27-13-5-1-9-23(27)19-43(20-24-10-2-6-14-28(24)36)33-31(17-39)42-34(32(18-40)41-33)44(21-25-11-3-7-15-29(25)37)22-26-12-4-8-16-30(26)38/h1-16H,19-22H2. The summed E-state index contributed by atoms with van der Waals surface area (Å²) in [5.74, 6) is 0.696. The van der Waals surface area contributed by atoms with Gasteiger partial charge in [-0.3, -0.25) is 0 Å². The summed E-state index contributed by atoms with van der Waals surface area (Å²) >= 11 is 14.7. The highest BCUT2D eigenvalue weighted by molar-refractivity contribution is 9.11. The molecule has 0 saturated heterocycles. The second-order valence-corrected chi connectivity index (χ2v) is 13.3. The van der Waals surface area contributed by atoms with Crippen LogP contribution in [0.4, 0.5) is 11.6 Å². The minimum atomic E-state index is 0.141. The molecule has 0 aliphatic carbocycles. The Kier molecular flexibility index (Phi) is 10.8. The molecule has 0 fully saturated rings. The van der Waals surface area contributed by atoms with E-state index in [9.17, 15) is 10.5 Å². The van der Waals surface area contributed by atoms with Gasteiger partial charge in [0.25, 0.3) is 0 Å². The first-order chi connectivity index (χ1) is 21.4. The van der Waals surface area contributed by atoms with E-state index >= 15 is 0 Å². The van der Waals surface area contributed by atoms with Crippen molar-refractivity contribution >= 4 is 75.4 Å². The molecule has 0 bridgehead atoms. The van der Waals surface area contributed by atoms with Crippen molar-refractivity contribution in [2.24, 2.45) is 0 Å². The molecule has 0 aliphatic rings. The van der Waals surface area contributed by atoms with E-state index in [2.05, 4.69) is 75.9 Å². The average Bonchev–Trinajstić information content (AvgIpc) is 3.03. The Labute approximate surface area is 290 Å². The Balaban J connectivity index is 1.63. The third-order valence-corrected chi connectivity index (χ3v) is 10.0. The largest absolute Gasteiger partial charge is 0.345 e. The fourth-order valence-electron chi connectivity index (χ4n) is 4.75. The predicted octanol–water partition coefficient (Wildman–Crippen LogP) is 9.68. The summed E-state index contributed by atoms with van der Waals surface area (Å²) in [5.41, 5.74) is 4.33. The highest BCUT2D eigenvalue weighted by atomic mass is 79.9. The van der Waals surface area contributed by atoms with Crippen LogP contribution in [-0.2, 0) is 26.2 Å². The first-order valence-electron chi connectivity index (χ1n) is 13.5. The van der Waals surface area contributed by atoms with Crippen molar-refractivity contribution in [3.05, 3.63) is 149 Å². The van der Waals surface area contributed by atoms with Crippen LogP contribution in [0.1, 0.15) is 33.6 Å². The van der Waals surface area contributed by atoms with E-state index in [4.69, 9.17) is 9.97 Å². The van der Waals surface area contributed by atoms with Crippen LogP contribution in [0.3, 0.4) is 0 Å². The smallest absolute Gasteiger partial charge is 0.185 e. The zero-order chi connectivity index (χ0) is 31.1. The lowest BCUT2D eigenvalue weighted by Gasteiger charge is -2.29. The maximum Gasteiger partial charge on any atom is 0.185 e. The molecule has 6 nitrogen and oxygen atoms in total. The molecule has 5 aromatic rings. The Morgan fingerprint density at radius 3 is 0.932 bits per heavy atom. The number of benzene rings is 4. The van der Waals surface area contributed by atoms with Gasteiger partial charge in [-0.05, 0) is 46.5 Å². The topological polar surface area (TPSA) is 79.8 Å². The third-order valence-electron chi connectivity index (χ3n) is 6.95. The molecule has 0 amide bonds. The highest BCUT2D eigenvalue weighted by Gasteiger charge is 2.25. The molecular formula is C34H24Br4N6. The van der Waals surface area contributed by atoms with Crippen molar-refractivity contribution in [1.29, 1.82) is 10.5 Å². The van der Waals surface area contributed by atoms with E-state index in [1.165, 1.54) is 0 Å². The molecule has 1 aromatic heterocycles. The second kappa shape index (κ2) is 15.0. The number of hydrogen-bond donors (Lipinski definition) is 0. The molecule has 0 saturated carbocycles. The molecule has 0 spiro atoms. The molecule has 1 heterocycles. The van der Waals surface area contributed by atoms with Gasteiger partial charge in [0.2, 0.25) is 0 Å². The van der Waals surface area contributed by atoms with Gasteiger partial charge in [0.05, 0.1) is 0 Å². The monoisotopic (exact) mass is 832 g/mol. The van der Waals surface area contributed by atoms with Crippen LogP contribution in [0.25, 0.3) is 0 Å². The first-order valence-corrected chi connectivity index (χ1v) is 16.7. The summed E-state index contributed by atoms with van der Waals surface area (Å²) < 4.78 is 3.75. The number of hydrogen-bond acceptors (Lipinski definition) is 6. The molecule has 10 heteroatoms. The van der Waals surface area contributed by atoms with Crippen molar-refractivity contribution in [2.75, 3.05) is 9.80 Å². The summed E-state index contributed by atoms with van der Waals surface area (Å²) in [6.45, 7) is 1.75. The molecule has 0 atom stereocenters. The molecule has 218 valence electrons. The summed E-state index contributed by atoms with van der Waals surface area (Å²) in [4.78, 5) is 13.7. The van der Waals surface area contributed by atoms with Gasteiger partial charge in [-0.1, -0.05) is 137 Å². The van der Waals surface area contributed by atoms with Crippen LogP contribution in [-0.4, -0.2) is 9.97 Å². The van der Waals surface area contributed by atoms with Gasteiger partial charge in [0.15, 0.2) is 23.0 Å².